The first-order chi connectivity index (χ1) is 12.2. The van der Waals surface area contributed by atoms with Crippen molar-refractivity contribution in [2.75, 3.05) is 13.7 Å². The molecule has 2 amide bonds. The minimum atomic E-state index is -0.616. The van der Waals surface area contributed by atoms with E-state index in [0.29, 0.717) is 0 Å². The lowest BCUT2D eigenvalue weighted by Crippen LogP contribution is -2.39. The molecule has 0 radical (unpaired) electrons. The van der Waals surface area contributed by atoms with Crippen molar-refractivity contribution in [2.45, 2.75) is 31.8 Å². The van der Waals surface area contributed by atoms with Gasteiger partial charge >= 0.3 is 6.09 Å². The SMILES string of the molecule is COC(=O)NCC(=O)N[C@@H]1CCCc2c1cnn2Cc1ccccc1. The average molecular weight is 342 g/mol. The van der Waals surface area contributed by atoms with Gasteiger partial charge in [-0.3, -0.25) is 9.48 Å². The Bertz CT molecular complexity index is 742. The van der Waals surface area contributed by atoms with Gasteiger partial charge in [-0.05, 0) is 24.8 Å². The van der Waals surface area contributed by atoms with Crippen LogP contribution in [0.3, 0.4) is 0 Å². The highest BCUT2D eigenvalue weighted by Crippen LogP contribution is 2.29. The van der Waals surface area contributed by atoms with Crippen LogP contribution in [0.2, 0.25) is 0 Å². The average Bonchev–Trinajstić information content (AvgIpc) is 3.04. The van der Waals surface area contributed by atoms with E-state index < -0.39 is 6.09 Å². The van der Waals surface area contributed by atoms with Gasteiger partial charge in [-0.1, -0.05) is 30.3 Å². The van der Waals surface area contributed by atoms with Gasteiger partial charge in [0.2, 0.25) is 5.91 Å². The third-order valence-electron chi connectivity index (χ3n) is 4.35. The predicted molar refractivity (Wildman–Crippen MR) is 92.0 cm³/mol. The number of hydrogen-bond acceptors (Lipinski definition) is 4. The summed E-state index contributed by atoms with van der Waals surface area (Å²) in [6, 6.07) is 10.1. The van der Waals surface area contributed by atoms with Crippen molar-refractivity contribution in [1.29, 1.82) is 0 Å². The maximum atomic E-state index is 12.0. The van der Waals surface area contributed by atoms with Gasteiger partial charge in [0, 0.05) is 11.3 Å². The quantitative estimate of drug-likeness (QED) is 0.867. The third-order valence-corrected chi connectivity index (χ3v) is 4.35. The van der Waals surface area contributed by atoms with Crippen molar-refractivity contribution in [3.05, 3.63) is 53.3 Å². The number of ether oxygens (including phenoxy) is 1. The van der Waals surface area contributed by atoms with Crippen LogP contribution in [0, 0.1) is 0 Å². The second-order valence-corrected chi connectivity index (χ2v) is 6.05. The molecule has 132 valence electrons. The number of alkyl carbamates (subject to hydrolysis) is 1. The van der Waals surface area contributed by atoms with Crippen LogP contribution in [0.5, 0.6) is 0 Å². The van der Waals surface area contributed by atoms with Crippen LogP contribution in [0.4, 0.5) is 4.79 Å². The molecule has 0 saturated carbocycles. The van der Waals surface area contributed by atoms with E-state index in [1.165, 1.54) is 18.4 Å². The molecule has 7 nitrogen and oxygen atoms in total. The number of nitrogens with one attached hydrogen (secondary N) is 2. The number of benzene rings is 1. The summed E-state index contributed by atoms with van der Waals surface area (Å²) in [5.74, 6) is -0.237. The summed E-state index contributed by atoms with van der Waals surface area (Å²) < 4.78 is 6.47. The highest BCUT2D eigenvalue weighted by molar-refractivity contribution is 5.82. The van der Waals surface area contributed by atoms with E-state index in [2.05, 4.69) is 32.6 Å². The largest absolute Gasteiger partial charge is 0.453 e. The minimum absolute atomic E-state index is 0.0692. The van der Waals surface area contributed by atoms with E-state index in [4.69, 9.17) is 0 Å². The first kappa shape index (κ1) is 17.0. The molecule has 0 fully saturated rings. The van der Waals surface area contributed by atoms with E-state index in [-0.39, 0.29) is 18.5 Å². The molecule has 1 aliphatic carbocycles. The van der Waals surface area contributed by atoms with Crippen molar-refractivity contribution in [2.24, 2.45) is 0 Å². The molecule has 0 bridgehead atoms. The Kier molecular flexibility index (Phi) is 5.33. The number of carbonyl (C=O) groups is 2. The maximum Gasteiger partial charge on any atom is 0.407 e. The number of methoxy groups -OCH3 is 1. The maximum absolute atomic E-state index is 12.0. The summed E-state index contributed by atoms with van der Waals surface area (Å²) in [5, 5.41) is 9.87. The van der Waals surface area contributed by atoms with Gasteiger partial charge in [0.1, 0.15) is 6.54 Å². The van der Waals surface area contributed by atoms with Gasteiger partial charge in [0.15, 0.2) is 0 Å². The molecule has 0 spiro atoms. The molecule has 0 aliphatic heterocycles. The highest BCUT2D eigenvalue weighted by Gasteiger charge is 2.25. The molecule has 1 atom stereocenters. The van der Waals surface area contributed by atoms with Gasteiger partial charge < -0.3 is 15.4 Å². The lowest BCUT2D eigenvalue weighted by molar-refractivity contribution is -0.121. The molecule has 1 aliphatic rings. The van der Waals surface area contributed by atoms with Crippen LogP contribution in [-0.4, -0.2) is 35.4 Å². The van der Waals surface area contributed by atoms with E-state index >= 15 is 0 Å². The Hall–Kier alpha value is -2.83. The smallest absolute Gasteiger partial charge is 0.407 e. The summed E-state index contributed by atoms with van der Waals surface area (Å²) >= 11 is 0. The Morgan fingerprint density at radius 3 is 2.88 bits per heavy atom. The number of nitrogens with zero attached hydrogens (tertiary/aromatic N) is 2. The molecule has 7 heteroatoms. The highest BCUT2D eigenvalue weighted by atomic mass is 16.5. The van der Waals surface area contributed by atoms with Crippen LogP contribution in [0.15, 0.2) is 36.5 Å². The molecular weight excluding hydrogens is 320 g/mol. The van der Waals surface area contributed by atoms with Gasteiger partial charge in [-0.25, -0.2) is 4.79 Å². The van der Waals surface area contributed by atoms with Crippen molar-refractivity contribution in [3.8, 4) is 0 Å². The zero-order valence-corrected chi connectivity index (χ0v) is 14.2. The number of amides is 2. The van der Waals surface area contributed by atoms with Crippen LogP contribution < -0.4 is 10.6 Å². The van der Waals surface area contributed by atoms with Crippen molar-refractivity contribution in [3.63, 3.8) is 0 Å². The zero-order valence-electron chi connectivity index (χ0n) is 14.2. The summed E-state index contributed by atoms with van der Waals surface area (Å²) in [6.45, 7) is 0.622. The fraction of sp³-hybridized carbons (Fsp3) is 0.389. The van der Waals surface area contributed by atoms with Crippen molar-refractivity contribution >= 4 is 12.0 Å². The first-order valence-electron chi connectivity index (χ1n) is 8.37. The number of carbonyl (C=O) groups excluding carboxylic acids is 2. The first-order valence-corrected chi connectivity index (χ1v) is 8.37. The Labute approximate surface area is 146 Å². The van der Waals surface area contributed by atoms with E-state index in [9.17, 15) is 9.59 Å². The molecular formula is C18H22N4O3. The summed E-state index contributed by atoms with van der Waals surface area (Å²) in [7, 11) is 1.27. The third kappa shape index (κ3) is 4.17. The van der Waals surface area contributed by atoms with Crippen molar-refractivity contribution in [1.82, 2.24) is 20.4 Å². The van der Waals surface area contributed by atoms with E-state index in [1.807, 2.05) is 29.1 Å². The fourth-order valence-electron chi connectivity index (χ4n) is 3.13. The van der Waals surface area contributed by atoms with Gasteiger partial charge in [-0.15, -0.1) is 0 Å². The molecule has 25 heavy (non-hydrogen) atoms. The number of rotatable bonds is 5. The molecule has 2 aromatic rings. The standard InChI is InChI=1S/C18H22N4O3/c1-25-18(24)19-11-17(23)21-15-8-5-9-16-14(15)10-20-22(16)12-13-6-3-2-4-7-13/h2-4,6-7,10,15H,5,8-9,11-12H2,1H3,(H,19,24)(H,21,23)/t15-/m1/s1. The monoisotopic (exact) mass is 342 g/mol. The molecule has 3 rings (SSSR count). The molecule has 0 unspecified atom stereocenters. The number of aromatic nitrogens is 2. The Morgan fingerprint density at radius 2 is 2.12 bits per heavy atom. The molecule has 0 saturated heterocycles. The van der Waals surface area contributed by atoms with Crippen LogP contribution >= 0.6 is 0 Å². The number of hydrogen-bond donors (Lipinski definition) is 2. The van der Waals surface area contributed by atoms with Gasteiger partial charge in [0.05, 0.1) is 25.9 Å². The topological polar surface area (TPSA) is 85.2 Å². The fourth-order valence-corrected chi connectivity index (χ4v) is 3.13. The van der Waals surface area contributed by atoms with Gasteiger partial charge in [0.25, 0.3) is 0 Å². The lowest BCUT2D eigenvalue weighted by Gasteiger charge is -2.24. The van der Waals surface area contributed by atoms with Crippen LogP contribution in [0.25, 0.3) is 0 Å². The normalized spacial score (nSPS) is 16.0. The Balaban J connectivity index is 1.66. The second kappa shape index (κ2) is 7.83. The van der Waals surface area contributed by atoms with Crippen LogP contribution in [-0.2, 0) is 22.5 Å². The minimum Gasteiger partial charge on any atom is -0.453 e. The van der Waals surface area contributed by atoms with Crippen molar-refractivity contribution < 1.29 is 14.3 Å². The Morgan fingerprint density at radius 1 is 1.32 bits per heavy atom. The van der Waals surface area contributed by atoms with Crippen LogP contribution in [0.1, 0.15) is 35.7 Å². The second-order valence-electron chi connectivity index (χ2n) is 6.05. The summed E-state index contributed by atoms with van der Waals surface area (Å²) in [6.07, 6.45) is 4.04. The molecule has 1 aromatic heterocycles. The molecule has 1 aromatic carbocycles. The lowest BCUT2D eigenvalue weighted by atomic mass is 9.93. The van der Waals surface area contributed by atoms with Gasteiger partial charge in [-0.2, -0.15) is 5.10 Å². The summed E-state index contributed by atoms with van der Waals surface area (Å²) in [4.78, 5) is 23.1. The van der Waals surface area contributed by atoms with E-state index in [1.54, 1.807) is 0 Å². The summed E-state index contributed by atoms with van der Waals surface area (Å²) in [5.41, 5.74) is 3.43. The van der Waals surface area contributed by atoms with E-state index in [0.717, 1.165) is 31.4 Å². The molecule has 2 N–H and O–H groups in total. The predicted octanol–water partition coefficient (Wildman–Crippen LogP) is 1.78. The molecule has 1 heterocycles. The number of fused-ring (bicyclic) bond motifs is 1. The zero-order chi connectivity index (χ0) is 17.6.